The summed E-state index contributed by atoms with van der Waals surface area (Å²) in [5.41, 5.74) is 0. The normalized spacial score (nSPS) is 11.5. The van der Waals surface area contributed by atoms with Gasteiger partial charge in [-0.1, -0.05) is 129 Å². The Hall–Kier alpha value is 0.259. The van der Waals surface area contributed by atoms with E-state index >= 15 is 0 Å². The zero-order chi connectivity index (χ0) is 26.0. The van der Waals surface area contributed by atoms with Crippen molar-refractivity contribution in [1.82, 2.24) is 0 Å². The summed E-state index contributed by atoms with van der Waals surface area (Å²) in [5.74, 6) is 0. The van der Waals surface area contributed by atoms with Crippen molar-refractivity contribution in [3.05, 3.63) is 0 Å². The fourth-order valence-corrected chi connectivity index (χ4v) is 4.14. The molecule has 0 saturated carbocycles. The van der Waals surface area contributed by atoms with Crippen molar-refractivity contribution in [3.63, 3.8) is 0 Å². The average molecular weight is 587 g/mol. The Kier molecular flexibility index (Phi) is 32.8. The van der Waals surface area contributed by atoms with Gasteiger partial charge in [0, 0.05) is 0 Å². The van der Waals surface area contributed by atoms with Crippen LogP contribution in [0.25, 0.3) is 0 Å². The maximum Gasteiger partial charge on any atom is 2.00 e. The minimum atomic E-state index is -4.48. The van der Waals surface area contributed by atoms with Gasteiger partial charge in [-0.15, -0.1) is 0 Å². The Labute approximate surface area is 227 Å². The molecule has 214 valence electrons. The van der Waals surface area contributed by atoms with Gasteiger partial charge in [0.05, 0.1) is 13.2 Å². The summed E-state index contributed by atoms with van der Waals surface area (Å²) in [6, 6.07) is 0. The van der Waals surface area contributed by atoms with Crippen LogP contribution in [0.4, 0.5) is 0 Å². The van der Waals surface area contributed by atoms with Crippen LogP contribution in [0.5, 0.6) is 0 Å². The quantitative estimate of drug-likeness (QED) is 0.0524. The summed E-state index contributed by atoms with van der Waals surface area (Å²) in [7, 11) is -8.97. The molecule has 0 spiro atoms. The van der Waals surface area contributed by atoms with E-state index in [2.05, 4.69) is 22.2 Å². The smallest absolute Gasteiger partial charge is 0.726 e. The van der Waals surface area contributed by atoms with Crippen LogP contribution in [0.1, 0.15) is 142 Å². The number of rotatable bonds is 24. The van der Waals surface area contributed by atoms with Crippen LogP contribution in [0.3, 0.4) is 0 Å². The summed E-state index contributed by atoms with van der Waals surface area (Å²) in [6.07, 6.45) is 23.4. The van der Waals surface area contributed by atoms with Crippen molar-refractivity contribution in [2.75, 3.05) is 13.2 Å². The molecule has 0 aromatic carbocycles. The predicted molar refractivity (Wildman–Crippen MR) is 135 cm³/mol. The second-order valence-electron chi connectivity index (χ2n) is 8.82. The fourth-order valence-electron chi connectivity index (χ4n) is 3.50. The molecule has 0 N–H and O–H groups in total. The standard InChI is InChI=1S/2C12H26O4S.Fe/c2*1-2-3-4-5-6-7-8-9-10-11-12-16-17(13,14)15;/h2*2-12H2,1H3,(H,13,14,15);/q;;+2/p-2. The summed E-state index contributed by atoms with van der Waals surface area (Å²) < 4.78 is 68.9. The molecule has 0 aliphatic rings. The molecule has 0 aliphatic heterocycles. The van der Waals surface area contributed by atoms with Crippen molar-refractivity contribution in [3.8, 4) is 0 Å². The first-order valence-corrected chi connectivity index (χ1v) is 16.0. The van der Waals surface area contributed by atoms with E-state index in [1.54, 1.807) is 0 Å². The van der Waals surface area contributed by atoms with Crippen molar-refractivity contribution in [2.24, 2.45) is 0 Å². The van der Waals surface area contributed by atoms with Gasteiger partial charge in [-0.3, -0.25) is 8.37 Å². The first kappa shape index (κ1) is 39.8. The van der Waals surface area contributed by atoms with Crippen LogP contribution in [0, 0.1) is 0 Å². The van der Waals surface area contributed by atoms with Gasteiger partial charge in [-0.25, -0.2) is 16.8 Å². The third-order valence-corrected chi connectivity index (χ3v) is 6.36. The molecule has 0 aliphatic carbocycles. The Morgan fingerprint density at radius 3 is 0.829 bits per heavy atom. The van der Waals surface area contributed by atoms with Gasteiger partial charge in [0.1, 0.15) is 0 Å². The maximum absolute atomic E-state index is 10.1. The van der Waals surface area contributed by atoms with E-state index in [-0.39, 0.29) is 30.3 Å². The largest absolute Gasteiger partial charge is 2.00 e. The molecule has 0 saturated heterocycles. The van der Waals surface area contributed by atoms with E-state index in [1.165, 1.54) is 89.9 Å². The second kappa shape index (κ2) is 28.8. The van der Waals surface area contributed by atoms with E-state index in [9.17, 15) is 25.9 Å². The van der Waals surface area contributed by atoms with Crippen LogP contribution in [-0.2, 0) is 46.2 Å². The molecule has 0 unspecified atom stereocenters. The van der Waals surface area contributed by atoms with Crippen molar-refractivity contribution in [1.29, 1.82) is 0 Å². The van der Waals surface area contributed by atoms with Gasteiger partial charge in [0.15, 0.2) is 0 Å². The molecule has 0 aromatic heterocycles. The number of unbranched alkanes of at least 4 members (excludes halogenated alkanes) is 18. The van der Waals surface area contributed by atoms with E-state index < -0.39 is 20.8 Å². The van der Waals surface area contributed by atoms with Gasteiger partial charge >= 0.3 is 17.1 Å². The van der Waals surface area contributed by atoms with Crippen LogP contribution in [-0.4, -0.2) is 39.2 Å². The summed E-state index contributed by atoms with van der Waals surface area (Å²) in [6.45, 7) is 4.49. The Balaban J connectivity index is -0.000000569. The average Bonchev–Trinajstić information content (AvgIpc) is 2.75. The Morgan fingerprint density at radius 1 is 0.429 bits per heavy atom. The Morgan fingerprint density at radius 2 is 0.629 bits per heavy atom. The zero-order valence-corrected chi connectivity index (χ0v) is 24.7. The molecule has 11 heteroatoms. The Bertz CT molecular complexity index is 559. The molecule has 0 heterocycles. The van der Waals surface area contributed by atoms with E-state index in [1.807, 2.05) is 0 Å². The molecule has 8 nitrogen and oxygen atoms in total. The molecule has 35 heavy (non-hydrogen) atoms. The van der Waals surface area contributed by atoms with Crippen LogP contribution < -0.4 is 0 Å². The summed E-state index contributed by atoms with van der Waals surface area (Å²) in [5, 5.41) is 0. The molecule has 0 aromatic rings. The number of hydrogen-bond donors (Lipinski definition) is 0. The topological polar surface area (TPSA) is 133 Å². The number of hydrogen-bond acceptors (Lipinski definition) is 8. The third kappa shape index (κ3) is 44.6. The SMILES string of the molecule is CCCCCCCCCCCCOS(=O)(=O)[O-].CCCCCCCCCCCCOS(=O)(=O)[O-].[Fe+2]. The molecule has 0 rings (SSSR count). The molecule has 0 amide bonds. The first-order chi connectivity index (χ1) is 16.1. The van der Waals surface area contributed by atoms with Gasteiger partial charge < -0.3 is 9.11 Å². The molecular weight excluding hydrogens is 536 g/mol. The minimum absolute atomic E-state index is 0. The molecule has 0 atom stereocenters. The molecule has 0 radical (unpaired) electrons. The van der Waals surface area contributed by atoms with Crippen LogP contribution in [0.2, 0.25) is 0 Å². The van der Waals surface area contributed by atoms with Gasteiger partial charge in [-0.05, 0) is 12.8 Å². The van der Waals surface area contributed by atoms with E-state index in [0.29, 0.717) is 12.8 Å². The van der Waals surface area contributed by atoms with Crippen molar-refractivity contribution in [2.45, 2.75) is 142 Å². The summed E-state index contributed by atoms with van der Waals surface area (Å²) in [4.78, 5) is 0. The fraction of sp³-hybridized carbons (Fsp3) is 1.00. The first-order valence-electron chi connectivity index (χ1n) is 13.3. The minimum Gasteiger partial charge on any atom is -0.726 e. The summed E-state index contributed by atoms with van der Waals surface area (Å²) >= 11 is 0. The van der Waals surface area contributed by atoms with Gasteiger partial charge in [-0.2, -0.15) is 0 Å². The van der Waals surface area contributed by atoms with Crippen molar-refractivity contribution >= 4 is 20.8 Å². The third-order valence-electron chi connectivity index (χ3n) is 5.45. The van der Waals surface area contributed by atoms with Crippen LogP contribution in [0.15, 0.2) is 0 Å². The van der Waals surface area contributed by atoms with E-state index in [0.717, 1.165) is 25.7 Å². The second-order valence-corrected chi connectivity index (χ2v) is 10.9. The van der Waals surface area contributed by atoms with E-state index in [4.69, 9.17) is 0 Å². The molecule has 0 bridgehead atoms. The van der Waals surface area contributed by atoms with Gasteiger partial charge in [0.25, 0.3) is 0 Å². The predicted octanol–water partition coefficient (Wildman–Crippen LogP) is 6.77. The van der Waals surface area contributed by atoms with Gasteiger partial charge in [0.2, 0.25) is 20.8 Å². The van der Waals surface area contributed by atoms with Crippen LogP contribution >= 0.6 is 0 Å². The molecule has 0 fully saturated rings. The zero-order valence-electron chi connectivity index (χ0n) is 22.0. The maximum atomic E-state index is 10.1. The molecular formula is C24H50FeO8S2. The monoisotopic (exact) mass is 586 g/mol. The van der Waals surface area contributed by atoms with Crippen molar-refractivity contribution < 1.29 is 51.4 Å².